The molecule has 1 aromatic rings. The van der Waals surface area contributed by atoms with Gasteiger partial charge in [0.05, 0.1) is 11.6 Å². The van der Waals surface area contributed by atoms with Crippen molar-refractivity contribution in [2.24, 2.45) is 0 Å². The van der Waals surface area contributed by atoms with Crippen LogP contribution in [0.1, 0.15) is 25.0 Å². The molecule has 5 heteroatoms. The molecule has 0 saturated heterocycles. The molecule has 0 amide bonds. The maximum absolute atomic E-state index is 10.7. The Balaban J connectivity index is 2.94. The summed E-state index contributed by atoms with van der Waals surface area (Å²) in [5, 5.41) is 13.5. The molecule has 0 spiro atoms. The monoisotopic (exact) mass is 170 g/mol. The fourth-order valence-corrected chi connectivity index (χ4v) is 1.06. The van der Waals surface area contributed by atoms with Crippen LogP contribution in [0.4, 0.5) is 0 Å². The number of carbonyl (C=O) groups is 1. The zero-order valence-electron chi connectivity index (χ0n) is 6.63. The van der Waals surface area contributed by atoms with Gasteiger partial charge in [-0.25, -0.2) is 0 Å². The van der Waals surface area contributed by atoms with E-state index in [-0.39, 0.29) is 5.56 Å². The van der Waals surface area contributed by atoms with Crippen LogP contribution in [0.25, 0.3) is 0 Å². The van der Waals surface area contributed by atoms with Crippen molar-refractivity contribution in [2.75, 3.05) is 0 Å². The van der Waals surface area contributed by atoms with Gasteiger partial charge in [-0.3, -0.25) is 14.7 Å². The Morgan fingerprint density at radius 1 is 1.67 bits per heavy atom. The molecule has 1 rings (SSSR count). The number of rotatable bonds is 3. The highest BCUT2D eigenvalue weighted by Crippen LogP contribution is 2.14. The lowest BCUT2D eigenvalue weighted by Gasteiger charge is -2.04. The van der Waals surface area contributed by atoms with Gasteiger partial charge in [0.1, 0.15) is 0 Å². The predicted molar refractivity (Wildman–Crippen MR) is 42.1 cm³/mol. The van der Waals surface area contributed by atoms with Crippen molar-refractivity contribution in [1.29, 1.82) is 0 Å². The van der Waals surface area contributed by atoms with Gasteiger partial charge in [-0.1, -0.05) is 6.92 Å². The number of aliphatic carboxylic acids is 1. The molecule has 1 unspecified atom stereocenters. The van der Waals surface area contributed by atoms with Gasteiger partial charge in [-0.05, 0) is 6.42 Å². The van der Waals surface area contributed by atoms with Crippen molar-refractivity contribution in [1.82, 2.24) is 10.2 Å². The minimum Gasteiger partial charge on any atom is -0.481 e. The summed E-state index contributed by atoms with van der Waals surface area (Å²) in [4.78, 5) is 21.3. The molecule has 0 bridgehead atoms. The number of H-pyrrole nitrogens is 2. The van der Waals surface area contributed by atoms with Crippen LogP contribution in [0.2, 0.25) is 0 Å². The van der Waals surface area contributed by atoms with Crippen molar-refractivity contribution in [3.05, 3.63) is 22.1 Å². The fourth-order valence-electron chi connectivity index (χ4n) is 1.06. The molecule has 0 aliphatic heterocycles. The van der Waals surface area contributed by atoms with Gasteiger partial charge in [0, 0.05) is 6.07 Å². The van der Waals surface area contributed by atoms with Gasteiger partial charge >= 0.3 is 5.97 Å². The highest BCUT2D eigenvalue weighted by Gasteiger charge is 2.18. The van der Waals surface area contributed by atoms with Crippen molar-refractivity contribution >= 4 is 5.97 Å². The molecule has 0 aliphatic rings. The third-order valence-corrected chi connectivity index (χ3v) is 1.70. The predicted octanol–water partition coefficient (Wildman–Crippen LogP) is 0.281. The molecule has 1 aromatic heterocycles. The van der Waals surface area contributed by atoms with Gasteiger partial charge in [0.25, 0.3) is 5.56 Å². The highest BCUT2D eigenvalue weighted by atomic mass is 16.4. The molecule has 0 saturated carbocycles. The molecule has 0 radical (unpaired) electrons. The van der Waals surface area contributed by atoms with E-state index in [2.05, 4.69) is 10.2 Å². The van der Waals surface area contributed by atoms with Crippen LogP contribution in [0.5, 0.6) is 0 Å². The number of hydrogen-bond donors (Lipinski definition) is 3. The van der Waals surface area contributed by atoms with E-state index >= 15 is 0 Å². The van der Waals surface area contributed by atoms with Gasteiger partial charge in [-0.2, -0.15) is 0 Å². The summed E-state index contributed by atoms with van der Waals surface area (Å²) in [5.74, 6) is -1.54. The Labute approximate surface area is 68.4 Å². The van der Waals surface area contributed by atoms with E-state index in [4.69, 9.17) is 5.11 Å². The number of aromatic amines is 2. The minimum atomic E-state index is -0.923. The number of carboxylic acid groups (broad SMARTS) is 1. The number of nitrogens with one attached hydrogen (secondary N) is 2. The SMILES string of the molecule is CCC(C(=O)O)c1cc(=O)[nH][nH]1. The second kappa shape index (κ2) is 3.25. The summed E-state index contributed by atoms with van der Waals surface area (Å²) in [5.41, 5.74) is 0.125. The van der Waals surface area contributed by atoms with Crippen LogP contribution in [0.3, 0.4) is 0 Å². The summed E-state index contributed by atoms with van der Waals surface area (Å²) < 4.78 is 0. The van der Waals surface area contributed by atoms with Crippen molar-refractivity contribution in [3.63, 3.8) is 0 Å². The lowest BCUT2D eigenvalue weighted by molar-refractivity contribution is -0.138. The summed E-state index contributed by atoms with van der Waals surface area (Å²) in [6.45, 7) is 1.75. The maximum atomic E-state index is 10.7. The van der Waals surface area contributed by atoms with Crippen LogP contribution >= 0.6 is 0 Å². The lowest BCUT2D eigenvalue weighted by Crippen LogP contribution is -2.10. The molecular formula is C7H10N2O3. The number of carboxylic acids is 1. The summed E-state index contributed by atoms with van der Waals surface area (Å²) in [6.07, 6.45) is 0.461. The largest absolute Gasteiger partial charge is 0.481 e. The van der Waals surface area contributed by atoms with E-state index in [9.17, 15) is 9.59 Å². The molecule has 0 aliphatic carbocycles. The topological polar surface area (TPSA) is 85.9 Å². The van der Waals surface area contributed by atoms with Crippen LogP contribution in [-0.4, -0.2) is 21.3 Å². The maximum Gasteiger partial charge on any atom is 0.312 e. The number of aromatic nitrogens is 2. The zero-order chi connectivity index (χ0) is 9.14. The fraction of sp³-hybridized carbons (Fsp3) is 0.429. The first kappa shape index (κ1) is 8.58. The Hall–Kier alpha value is -1.52. The lowest BCUT2D eigenvalue weighted by atomic mass is 10.0. The smallest absolute Gasteiger partial charge is 0.312 e. The Bertz CT molecular complexity index is 325. The third-order valence-electron chi connectivity index (χ3n) is 1.70. The average molecular weight is 170 g/mol. The molecule has 1 atom stereocenters. The van der Waals surface area contributed by atoms with E-state index in [1.807, 2.05) is 0 Å². The Kier molecular flexibility index (Phi) is 2.32. The molecule has 3 N–H and O–H groups in total. The second-order valence-corrected chi connectivity index (χ2v) is 2.51. The van der Waals surface area contributed by atoms with Crippen LogP contribution in [0, 0.1) is 0 Å². The molecule has 12 heavy (non-hydrogen) atoms. The van der Waals surface area contributed by atoms with Gasteiger partial charge in [-0.15, -0.1) is 0 Å². The molecule has 0 fully saturated rings. The highest BCUT2D eigenvalue weighted by molar-refractivity contribution is 5.75. The zero-order valence-corrected chi connectivity index (χ0v) is 6.63. The van der Waals surface area contributed by atoms with Gasteiger partial charge < -0.3 is 10.2 Å². The molecule has 0 aromatic carbocycles. The molecule has 1 heterocycles. The Morgan fingerprint density at radius 3 is 2.67 bits per heavy atom. The summed E-state index contributed by atoms with van der Waals surface area (Å²) >= 11 is 0. The van der Waals surface area contributed by atoms with Crippen molar-refractivity contribution in [2.45, 2.75) is 19.3 Å². The first-order chi connectivity index (χ1) is 5.65. The van der Waals surface area contributed by atoms with E-state index in [0.717, 1.165) is 0 Å². The van der Waals surface area contributed by atoms with Crippen LogP contribution < -0.4 is 5.56 Å². The van der Waals surface area contributed by atoms with Gasteiger partial charge in [0.2, 0.25) is 0 Å². The quantitative estimate of drug-likeness (QED) is 0.609. The van der Waals surface area contributed by atoms with Crippen molar-refractivity contribution < 1.29 is 9.90 Å². The minimum absolute atomic E-state index is 0.301. The van der Waals surface area contributed by atoms with E-state index in [1.165, 1.54) is 6.07 Å². The standard InChI is InChI=1S/C7H10N2O3/c1-2-4(7(11)12)5-3-6(10)9-8-5/h3-4H,2H2,1H3,(H,11,12)(H2,8,9,10). The summed E-state index contributed by atoms with van der Waals surface area (Å²) in [7, 11) is 0. The number of hydrogen-bond acceptors (Lipinski definition) is 2. The van der Waals surface area contributed by atoms with Crippen LogP contribution in [-0.2, 0) is 4.79 Å². The summed E-state index contributed by atoms with van der Waals surface area (Å²) in [6, 6.07) is 1.27. The van der Waals surface area contributed by atoms with Gasteiger partial charge in [0.15, 0.2) is 0 Å². The average Bonchev–Trinajstić information content (AvgIpc) is 2.37. The van der Waals surface area contributed by atoms with E-state index in [1.54, 1.807) is 6.92 Å². The third kappa shape index (κ3) is 1.55. The van der Waals surface area contributed by atoms with Crippen LogP contribution in [0.15, 0.2) is 10.9 Å². The van der Waals surface area contributed by atoms with E-state index < -0.39 is 11.9 Å². The first-order valence-electron chi connectivity index (χ1n) is 3.65. The van der Waals surface area contributed by atoms with E-state index in [0.29, 0.717) is 12.1 Å². The Morgan fingerprint density at radius 2 is 2.33 bits per heavy atom. The second-order valence-electron chi connectivity index (χ2n) is 2.51. The molecule has 5 nitrogen and oxygen atoms in total. The first-order valence-corrected chi connectivity index (χ1v) is 3.65. The molecule has 66 valence electrons. The normalized spacial score (nSPS) is 12.8. The molecular weight excluding hydrogens is 160 g/mol. The van der Waals surface area contributed by atoms with Crippen molar-refractivity contribution in [3.8, 4) is 0 Å².